The lowest BCUT2D eigenvalue weighted by Crippen LogP contribution is -2.15. The number of benzene rings is 8. The molecule has 250 valence electrons. The van der Waals surface area contributed by atoms with Gasteiger partial charge in [-0.3, -0.25) is 0 Å². The Hall–Kier alpha value is -6.78. The van der Waals surface area contributed by atoms with E-state index >= 15 is 0 Å². The molecule has 0 atom stereocenters. The number of nitrogens with zero attached hydrogens (tertiary/aromatic N) is 2. The molecule has 0 radical (unpaired) electrons. The maximum absolute atomic E-state index is 7.01. The van der Waals surface area contributed by atoms with Crippen LogP contribution in [0.2, 0.25) is 0 Å². The minimum atomic E-state index is -0.159. The van der Waals surface area contributed by atoms with Crippen LogP contribution in [0.3, 0.4) is 0 Å². The van der Waals surface area contributed by atoms with Crippen molar-refractivity contribution in [1.29, 1.82) is 0 Å². The van der Waals surface area contributed by atoms with Gasteiger partial charge in [0.25, 0.3) is 0 Å². The van der Waals surface area contributed by atoms with Gasteiger partial charge in [0, 0.05) is 27.7 Å². The van der Waals surface area contributed by atoms with Crippen molar-refractivity contribution in [3.63, 3.8) is 0 Å². The molecule has 53 heavy (non-hydrogen) atoms. The molecule has 4 nitrogen and oxygen atoms in total. The predicted octanol–water partition coefficient (Wildman–Crippen LogP) is 13.1. The molecule has 1 aliphatic carbocycles. The summed E-state index contributed by atoms with van der Waals surface area (Å²) in [5, 5.41) is 7.38. The van der Waals surface area contributed by atoms with Gasteiger partial charge in [-0.2, -0.15) is 0 Å². The second-order valence-corrected chi connectivity index (χ2v) is 14.5. The summed E-state index contributed by atoms with van der Waals surface area (Å²) < 4.78 is 13.6. The molecule has 0 amide bonds. The van der Waals surface area contributed by atoms with Crippen LogP contribution >= 0.6 is 0 Å². The molecule has 11 rings (SSSR count). The third-order valence-corrected chi connectivity index (χ3v) is 11.1. The highest BCUT2D eigenvalue weighted by molar-refractivity contribution is 6.25. The van der Waals surface area contributed by atoms with Crippen molar-refractivity contribution in [2.75, 3.05) is 0 Å². The number of para-hydroxylation sites is 1. The monoisotopic (exact) mass is 680 g/mol. The van der Waals surface area contributed by atoms with E-state index in [9.17, 15) is 0 Å². The highest BCUT2D eigenvalue weighted by atomic mass is 16.6. The zero-order valence-electron chi connectivity index (χ0n) is 29.2. The van der Waals surface area contributed by atoms with Gasteiger partial charge < -0.3 is 9.47 Å². The molecule has 9 aromatic rings. The molecular weight excluding hydrogens is 649 g/mol. The molecule has 2 heterocycles. The maximum Gasteiger partial charge on any atom is 0.179 e. The van der Waals surface area contributed by atoms with Crippen LogP contribution in [0.5, 0.6) is 23.0 Å². The largest absolute Gasteiger partial charge is 0.449 e. The molecule has 0 spiro atoms. The van der Waals surface area contributed by atoms with E-state index in [1.807, 2.05) is 36.4 Å². The Morgan fingerprint density at radius 2 is 1.04 bits per heavy atom. The Bertz CT molecular complexity index is 2950. The van der Waals surface area contributed by atoms with Crippen LogP contribution in [-0.2, 0) is 5.41 Å². The standard InChI is InChI=1S/C49H32N2O2/c1-49(2)39-21-11-10-19-36(39)45-40(49)25-26-44-47(45)53-46-37(20-12-22-43(46)52-44)42-28-41(50-48(51-42)29-13-4-3-5-14-29)30-23-24-35-33-17-7-6-15-31(33)32-16-8-9-18-34(32)38(35)27-30/h3-28H,1-2H3. The molecule has 1 aromatic heterocycles. The summed E-state index contributed by atoms with van der Waals surface area (Å²) in [6.45, 7) is 4.55. The molecule has 0 N–H and O–H groups in total. The average molecular weight is 681 g/mol. The van der Waals surface area contributed by atoms with E-state index in [4.69, 9.17) is 19.4 Å². The summed E-state index contributed by atoms with van der Waals surface area (Å²) in [7, 11) is 0. The van der Waals surface area contributed by atoms with E-state index < -0.39 is 0 Å². The minimum absolute atomic E-state index is 0.159. The molecule has 0 unspecified atom stereocenters. The second-order valence-electron chi connectivity index (χ2n) is 14.5. The smallest absolute Gasteiger partial charge is 0.179 e. The molecule has 0 fully saturated rings. The van der Waals surface area contributed by atoms with Crippen molar-refractivity contribution < 1.29 is 9.47 Å². The van der Waals surface area contributed by atoms with Gasteiger partial charge >= 0.3 is 0 Å². The Morgan fingerprint density at radius 1 is 0.415 bits per heavy atom. The molecule has 8 aromatic carbocycles. The Labute approximate surface area is 307 Å². The summed E-state index contributed by atoms with van der Waals surface area (Å²) >= 11 is 0. The fraction of sp³-hybridized carbons (Fsp3) is 0.0612. The normalized spacial score (nSPS) is 13.5. The van der Waals surface area contributed by atoms with Crippen molar-refractivity contribution >= 4 is 32.3 Å². The molecule has 0 saturated carbocycles. The van der Waals surface area contributed by atoms with Crippen LogP contribution in [0.1, 0.15) is 25.0 Å². The number of ether oxygens (including phenoxy) is 2. The number of aromatic nitrogens is 2. The van der Waals surface area contributed by atoms with Gasteiger partial charge in [-0.1, -0.05) is 141 Å². The summed E-state index contributed by atoms with van der Waals surface area (Å²) in [5.74, 6) is 3.41. The van der Waals surface area contributed by atoms with Gasteiger partial charge in [0.1, 0.15) is 0 Å². The highest BCUT2D eigenvalue weighted by Crippen LogP contribution is 2.59. The van der Waals surface area contributed by atoms with Crippen LogP contribution in [0.15, 0.2) is 158 Å². The average Bonchev–Trinajstić information content (AvgIpc) is 3.46. The van der Waals surface area contributed by atoms with Gasteiger partial charge in [-0.15, -0.1) is 0 Å². The van der Waals surface area contributed by atoms with E-state index in [0.29, 0.717) is 23.1 Å². The zero-order valence-corrected chi connectivity index (χ0v) is 29.2. The summed E-state index contributed by atoms with van der Waals surface area (Å²) in [5.41, 5.74) is 9.02. The molecule has 0 saturated heterocycles. The first-order valence-electron chi connectivity index (χ1n) is 18.1. The first-order chi connectivity index (χ1) is 26.0. The third kappa shape index (κ3) is 4.42. The molecule has 2 aliphatic rings. The molecular formula is C49H32N2O2. The second kappa shape index (κ2) is 11.1. The first kappa shape index (κ1) is 29.9. The van der Waals surface area contributed by atoms with Crippen molar-refractivity contribution in [2.24, 2.45) is 0 Å². The van der Waals surface area contributed by atoms with Crippen molar-refractivity contribution in [1.82, 2.24) is 9.97 Å². The van der Waals surface area contributed by atoms with E-state index in [1.165, 1.54) is 49.0 Å². The van der Waals surface area contributed by atoms with Gasteiger partial charge in [0.05, 0.1) is 11.4 Å². The number of rotatable bonds is 3. The summed E-state index contributed by atoms with van der Waals surface area (Å²) in [4.78, 5) is 10.4. The van der Waals surface area contributed by atoms with Crippen LogP contribution in [0.4, 0.5) is 0 Å². The zero-order chi connectivity index (χ0) is 35.3. The molecule has 4 heteroatoms. The van der Waals surface area contributed by atoms with E-state index in [2.05, 4.69) is 135 Å². The van der Waals surface area contributed by atoms with Crippen LogP contribution < -0.4 is 9.47 Å². The minimum Gasteiger partial charge on any atom is -0.449 e. The lowest BCUT2D eigenvalue weighted by Gasteiger charge is -2.26. The van der Waals surface area contributed by atoms with Gasteiger partial charge in [0.2, 0.25) is 0 Å². The van der Waals surface area contributed by atoms with Crippen molar-refractivity contribution in [2.45, 2.75) is 19.3 Å². The fourth-order valence-corrected chi connectivity index (χ4v) is 8.56. The lowest BCUT2D eigenvalue weighted by atomic mass is 9.82. The van der Waals surface area contributed by atoms with Gasteiger partial charge in [-0.25, -0.2) is 9.97 Å². The van der Waals surface area contributed by atoms with Gasteiger partial charge in [-0.05, 0) is 79.3 Å². The third-order valence-electron chi connectivity index (χ3n) is 11.1. The quantitative estimate of drug-likeness (QED) is 0.174. The SMILES string of the molecule is CC1(C)c2ccccc2-c2c1ccc1c2Oc2c(cccc2-c2cc(-c3ccc4c5ccccc5c5ccccc5c4c3)nc(-c3ccccc3)n2)O1. The molecule has 0 bridgehead atoms. The van der Waals surface area contributed by atoms with E-state index in [0.717, 1.165) is 39.4 Å². The first-order valence-corrected chi connectivity index (χ1v) is 18.1. The predicted molar refractivity (Wildman–Crippen MR) is 215 cm³/mol. The fourth-order valence-electron chi connectivity index (χ4n) is 8.56. The Kier molecular flexibility index (Phi) is 6.27. The Balaban J connectivity index is 1.11. The van der Waals surface area contributed by atoms with Crippen LogP contribution in [0.25, 0.3) is 77.3 Å². The van der Waals surface area contributed by atoms with E-state index in [1.54, 1.807) is 0 Å². The van der Waals surface area contributed by atoms with E-state index in [-0.39, 0.29) is 5.41 Å². The number of hydrogen-bond acceptors (Lipinski definition) is 4. The number of fused-ring (bicyclic) bond motifs is 12. The maximum atomic E-state index is 7.01. The number of hydrogen-bond donors (Lipinski definition) is 0. The van der Waals surface area contributed by atoms with Crippen molar-refractivity contribution in [3.05, 3.63) is 169 Å². The van der Waals surface area contributed by atoms with Gasteiger partial charge in [0.15, 0.2) is 28.8 Å². The van der Waals surface area contributed by atoms with Crippen molar-refractivity contribution in [3.8, 4) is 68.0 Å². The van der Waals surface area contributed by atoms with Crippen LogP contribution in [0, 0.1) is 0 Å². The molecule has 1 aliphatic heterocycles. The summed E-state index contributed by atoms with van der Waals surface area (Å²) in [6, 6.07) is 55.2. The lowest BCUT2D eigenvalue weighted by molar-refractivity contribution is 0.361. The summed E-state index contributed by atoms with van der Waals surface area (Å²) in [6.07, 6.45) is 0. The Morgan fingerprint density at radius 3 is 1.81 bits per heavy atom. The topological polar surface area (TPSA) is 44.2 Å². The highest BCUT2D eigenvalue weighted by Gasteiger charge is 2.40. The van der Waals surface area contributed by atoms with Crippen LogP contribution in [-0.4, -0.2) is 9.97 Å².